The molecule has 160 valence electrons. The smallest absolute Gasteiger partial charge is 0.327 e. The lowest BCUT2D eigenvalue weighted by molar-refractivity contribution is -0.142. The first-order valence-electron chi connectivity index (χ1n) is 8.85. The summed E-state index contributed by atoms with van der Waals surface area (Å²) in [7, 11) is 0. The van der Waals surface area contributed by atoms with Crippen LogP contribution in [-0.2, 0) is 25.6 Å². The normalized spacial score (nSPS) is 14.8. The highest BCUT2D eigenvalue weighted by Crippen LogP contribution is 2.05. The molecule has 10 nitrogen and oxygen atoms in total. The highest BCUT2D eigenvalue weighted by Gasteiger charge is 2.31. The van der Waals surface area contributed by atoms with Crippen LogP contribution in [0.4, 0.5) is 0 Å². The summed E-state index contributed by atoms with van der Waals surface area (Å²) in [6, 6.07) is 5.08. The molecule has 7 N–H and O–H groups in total. The zero-order valence-corrected chi connectivity index (χ0v) is 16.8. The van der Waals surface area contributed by atoms with E-state index in [9.17, 15) is 24.3 Å². The molecule has 0 radical (unpaired) electrons. The summed E-state index contributed by atoms with van der Waals surface area (Å²) in [5.41, 5.74) is 6.05. The Balaban J connectivity index is 2.95. The van der Waals surface area contributed by atoms with Crippen molar-refractivity contribution in [2.75, 3.05) is 12.3 Å². The Morgan fingerprint density at radius 2 is 1.66 bits per heavy atom. The van der Waals surface area contributed by atoms with Crippen molar-refractivity contribution in [3.05, 3.63) is 35.9 Å². The van der Waals surface area contributed by atoms with Crippen LogP contribution >= 0.6 is 12.6 Å². The summed E-state index contributed by atoms with van der Waals surface area (Å²) in [4.78, 5) is 47.9. The minimum atomic E-state index is -1.43. The summed E-state index contributed by atoms with van der Waals surface area (Å²) < 4.78 is 0. The summed E-state index contributed by atoms with van der Waals surface area (Å²) in [5, 5.41) is 26.0. The van der Waals surface area contributed by atoms with Crippen LogP contribution in [0.5, 0.6) is 0 Å². The third kappa shape index (κ3) is 8.10. The number of nitrogens with one attached hydrogen (secondary N) is 3. The summed E-state index contributed by atoms with van der Waals surface area (Å²) in [6.07, 6.45) is -1.20. The van der Waals surface area contributed by atoms with Crippen LogP contribution in [-0.4, -0.2) is 70.4 Å². The molecular formula is C18H26N4O6S. The van der Waals surface area contributed by atoms with Crippen molar-refractivity contribution >= 4 is 36.3 Å². The fraction of sp³-hybridized carbons (Fsp3) is 0.444. The number of benzene rings is 1. The van der Waals surface area contributed by atoms with E-state index in [4.69, 9.17) is 10.8 Å². The lowest BCUT2D eigenvalue weighted by atomic mass is 10.0. The second-order valence-corrected chi connectivity index (χ2v) is 6.69. The average Bonchev–Trinajstić information content (AvgIpc) is 2.69. The van der Waals surface area contributed by atoms with Crippen molar-refractivity contribution < 1.29 is 29.4 Å². The Bertz CT molecular complexity index is 716. The van der Waals surface area contributed by atoms with Crippen LogP contribution in [0.15, 0.2) is 30.3 Å². The first kappa shape index (κ1) is 24.4. The summed E-state index contributed by atoms with van der Waals surface area (Å²) >= 11 is 3.85. The molecule has 0 fully saturated rings. The molecule has 29 heavy (non-hydrogen) atoms. The second kappa shape index (κ2) is 12.0. The Labute approximate surface area is 173 Å². The van der Waals surface area contributed by atoms with Gasteiger partial charge in [0.25, 0.3) is 0 Å². The lowest BCUT2D eigenvalue weighted by Gasteiger charge is -2.25. The number of thiol groups is 1. The largest absolute Gasteiger partial charge is 0.480 e. The molecule has 0 saturated carbocycles. The van der Waals surface area contributed by atoms with Gasteiger partial charge in [-0.25, -0.2) is 4.79 Å². The number of amides is 3. The van der Waals surface area contributed by atoms with Gasteiger partial charge in [-0.15, -0.1) is 0 Å². The number of carboxylic acid groups (broad SMARTS) is 1. The van der Waals surface area contributed by atoms with Crippen molar-refractivity contribution in [2.45, 2.75) is 37.6 Å². The van der Waals surface area contributed by atoms with Crippen LogP contribution in [0.3, 0.4) is 0 Å². The molecule has 0 bridgehead atoms. The van der Waals surface area contributed by atoms with Crippen molar-refractivity contribution in [1.29, 1.82) is 0 Å². The van der Waals surface area contributed by atoms with Gasteiger partial charge in [-0.05, 0) is 12.5 Å². The van der Waals surface area contributed by atoms with E-state index in [-0.39, 0.29) is 18.7 Å². The van der Waals surface area contributed by atoms with Gasteiger partial charge in [-0.1, -0.05) is 30.3 Å². The van der Waals surface area contributed by atoms with E-state index in [1.807, 2.05) is 0 Å². The topological polar surface area (TPSA) is 171 Å². The number of aliphatic hydroxyl groups excluding tert-OH is 1. The van der Waals surface area contributed by atoms with Crippen LogP contribution in [0, 0.1) is 0 Å². The molecule has 0 aliphatic rings. The maximum atomic E-state index is 12.7. The van der Waals surface area contributed by atoms with Crippen LogP contribution in [0.25, 0.3) is 0 Å². The van der Waals surface area contributed by atoms with E-state index in [1.54, 1.807) is 30.3 Å². The van der Waals surface area contributed by atoms with Gasteiger partial charge in [0.05, 0.1) is 12.6 Å². The Kier molecular flexibility index (Phi) is 10.1. The fourth-order valence-corrected chi connectivity index (χ4v) is 2.67. The van der Waals surface area contributed by atoms with Gasteiger partial charge in [0, 0.05) is 12.2 Å². The SMILES string of the molecule is CC(O)C(NC(=O)C(Cc1ccccc1)NC(=O)CN)C(=O)NC(CS)C(=O)O. The van der Waals surface area contributed by atoms with E-state index < -0.39 is 47.9 Å². The minimum Gasteiger partial charge on any atom is -0.480 e. The van der Waals surface area contributed by atoms with Crippen LogP contribution in [0.1, 0.15) is 12.5 Å². The van der Waals surface area contributed by atoms with Crippen LogP contribution < -0.4 is 21.7 Å². The average molecular weight is 426 g/mol. The zero-order chi connectivity index (χ0) is 22.0. The molecule has 4 unspecified atom stereocenters. The maximum Gasteiger partial charge on any atom is 0.327 e. The molecule has 1 aromatic rings. The molecule has 1 rings (SSSR count). The van der Waals surface area contributed by atoms with Crippen molar-refractivity contribution in [2.24, 2.45) is 5.73 Å². The summed E-state index contributed by atoms with van der Waals surface area (Å²) in [6.45, 7) is 0.937. The van der Waals surface area contributed by atoms with Gasteiger partial charge >= 0.3 is 5.97 Å². The molecule has 4 atom stereocenters. The predicted molar refractivity (Wildman–Crippen MR) is 108 cm³/mol. The predicted octanol–water partition coefficient (Wildman–Crippen LogP) is -1.96. The van der Waals surface area contributed by atoms with E-state index in [2.05, 4.69) is 28.6 Å². The number of nitrogens with two attached hydrogens (primary N) is 1. The molecule has 0 saturated heterocycles. The van der Waals surface area contributed by atoms with Crippen molar-refractivity contribution in [3.63, 3.8) is 0 Å². The molecule has 0 aliphatic heterocycles. The first-order chi connectivity index (χ1) is 13.7. The van der Waals surface area contributed by atoms with E-state index in [0.717, 1.165) is 5.56 Å². The highest BCUT2D eigenvalue weighted by atomic mass is 32.1. The van der Waals surface area contributed by atoms with E-state index in [1.165, 1.54) is 6.92 Å². The lowest BCUT2D eigenvalue weighted by Crippen LogP contribution is -2.59. The van der Waals surface area contributed by atoms with Gasteiger partial charge in [0.2, 0.25) is 17.7 Å². The van der Waals surface area contributed by atoms with Crippen LogP contribution in [0.2, 0.25) is 0 Å². The second-order valence-electron chi connectivity index (χ2n) is 6.32. The van der Waals surface area contributed by atoms with E-state index >= 15 is 0 Å². The van der Waals surface area contributed by atoms with Gasteiger partial charge in [0.15, 0.2) is 0 Å². The molecule has 1 aromatic carbocycles. The van der Waals surface area contributed by atoms with Crippen molar-refractivity contribution in [3.8, 4) is 0 Å². The van der Waals surface area contributed by atoms with Gasteiger partial charge in [-0.2, -0.15) is 12.6 Å². The van der Waals surface area contributed by atoms with Gasteiger partial charge < -0.3 is 31.9 Å². The van der Waals surface area contributed by atoms with Crippen molar-refractivity contribution in [1.82, 2.24) is 16.0 Å². The standard InChI is InChI=1S/C18H26N4O6S/c1-10(23)15(17(26)21-13(9-29)18(27)28)22-16(25)12(20-14(24)8-19)7-11-5-3-2-4-6-11/h2-6,10,12-13,15,23,29H,7-9,19H2,1H3,(H,20,24)(H,21,26)(H,22,25)(H,27,28). The summed E-state index contributed by atoms with van der Waals surface area (Å²) in [5.74, 6) is -3.67. The number of rotatable bonds is 11. The third-order valence-corrected chi connectivity index (χ3v) is 4.34. The monoisotopic (exact) mass is 426 g/mol. The molecule has 11 heteroatoms. The number of carboxylic acids is 1. The highest BCUT2D eigenvalue weighted by molar-refractivity contribution is 7.80. The maximum absolute atomic E-state index is 12.7. The third-order valence-electron chi connectivity index (χ3n) is 3.98. The molecule has 0 heterocycles. The molecule has 0 aliphatic carbocycles. The van der Waals surface area contributed by atoms with Gasteiger partial charge in [0.1, 0.15) is 18.1 Å². The fourth-order valence-electron chi connectivity index (χ4n) is 2.42. The number of carbonyl (C=O) groups excluding carboxylic acids is 3. The minimum absolute atomic E-state index is 0.126. The number of aliphatic carboxylic acids is 1. The Morgan fingerprint density at radius 3 is 2.14 bits per heavy atom. The number of hydrogen-bond donors (Lipinski definition) is 7. The number of carbonyl (C=O) groups is 4. The zero-order valence-electron chi connectivity index (χ0n) is 15.9. The molecule has 0 spiro atoms. The number of hydrogen-bond acceptors (Lipinski definition) is 7. The molecule has 3 amide bonds. The Morgan fingerprint density at radius 1 is 1.03 bits per heavy atom. The number of aliphatic hydroxyl groups is 1. The first-order valence-corrected chi connectivity index (χ1v) is 9.48. The van der Waals surface area contributed by atoms with E-state index in [0.29, 0.717) is 0 Å². The Hall–Kier alpha value is -2.63. The van der Waals surface area contributed by atoms with Gasteiger partial charge in [-0.3, -0.25) is 14.4 Å². The molecular weight excluding hydrogens is 400 g/mol. The molecule has 0 aromatic heterocycles. The quantitative estimate of drug-likeness (QED) is 0.201.